The monoisotopic (exact) mass is 290 g/mol. The summed E-state index contributed by atoms with van der Waals surface area (Å²) in [6.45, 7) is 6.33. The lowest BCUT2D eigenvalue weighted by Gasteiger charge is -2.01. The summed E-state index contributed by atoms with van der Waals surface area (Å²) in [5.74, 6) is 0. The molecule has 0 bridgehead atoms. The van der Waals surface area contributed by atoms with Gasteiger partial charge in [-0.1, -0.05) is 75.6 Å². The van der Waals surface area contributed by atoms with Crippen LogP contribution in [0.4, 0.5) is 0 Å². The molecule has 0 atom stereocenters. The number of halogens is 1. The van der Waals surface area contributed by atoms with Gasteiger partial charge < -0.3 is 0 Å². The Hall–Kier alpha value is -1.08. The van der Waals surface area contributed by atoms with Crippen molar-refractivity contribution < 1.29 is 0 Å². The molecule has 2 aromatic rings. The van der Waals surface area contributed by atoms with Crippen LogP contribution in [0.2, 0.25) is 0 Å². The Bertz CT molecular complexity index is 446. The van der Waals surface area contributed by atoms with Crippen molar-refractivity contribution in [3.05, 3.63) is 70.8 Å². The SMILES string of the molecule is Cc1ccc(C)c(CBr)c1.Cc1ccccc1. The highest BCUT2D eigenvalue weighted by Gasteiger charge is 1.94. The van der Waals surface area contributed by atoms with Gasteiger partial charge in [0.2, 0.25) is 0 Å². The van der Waals surface area contributed by atoms with Crippen LogP contribution in [-0.4, -0.2) is 0 Å². The molecule has 1 heteroatoms. The molecule has 0 nitrogen and oxygen atoms in total. The Morgan fingerprint density at radius 3 is 1.88 bits per heavy atom. The fourth-order valence-electron chi connectivity index (χ4n) is 1.48. The molecule has 0 saturated heterocycles. The van der Waals surface area contributed by atoms with Crippen LogP contribution in [0.3, 0.4) is 0 Å². The number of rotatable bonds is 1. The minimum absolute atomic E-state index is 0.959. The van der Waals surface area contributed by atoms with Crippen LogP contribution in [-0.2, 0) is 5.33 Å². The van der Waals surface area contributed by atoms with E-state index in [4.69, 9.17) is 0 Å². The Morgan fingerprint density at radius 1 is 0.824 bits per heavy atom. The van der Waals surface area contributed by atoms with Crippen molar-refractivity contribution in [1.82, 2.24) is 0 Å². The normalized spacial score (nSPS) is 9.41. The lowest BCUT2D eigenvalue weighted by Crippen LogP contribution is -1.84. The zero-order valence-electron chi connectivity index (χ0n) is 10.7. The fraction of sp³-hybridized carbons (Fsp3) is 0.250. The van der Waals surface area contributed by atoms with Gasteiger partial charge in [-0.05, 0) is 31.9 Å². The van der Waals surface area contributed by atoms with Crippen LogP contribution in [0.1, 0.15) is 22.3 Å². The van der Waals surface area contributed by atoms with E-state index >= 15 is 0 Å². The van der Waals surface area contributed by atoms with E-state index in [9.17, 15) is 0 Å². The van der Waals surface area contributed by atoms with E-state index < -0.39 is 0 Å². The van der Waals surface area contributed by atoms with Crippen molar-refractivity contribution in [3.8, 4) is 0 Å². The highest BCUT2D eigenvalue weighted by Crippen LogP contribution is 2.13. The van der Waals surface area contributed by atoms with Gasteiger partial charge in [0, 0.05) is 5.33 Å². The Morgan fingerprint density at radius 2 is 1.47 bits per heavy atom. The minimum atomic E-state index is 0.959. The molecule has 0 unspecified atom stereocenters. The maximum atomic E-state index is 3.44. The van der Waals surface area contributed by atoms with Crippen LogP contribution >= 0.6 is 15.9 Å². The molecular formula is C16H19Br. The molecule has 0 saturated carbocycles. The summed E-state index contributed by atoms with van der Waals surface area (Å²) < 4.78 is 0. The standard InChI is InChI=1S/C9H11Br.C7H8/c1-7-3-4-8(2)9(5-7)6-10;1-7-5-3-2-4-6-7/h3-5H,6H2,1-2H3;2-6H,1H3. The van der Waals surface area contributed by atoms with Gasteiger partial charge >= 0.3 is 0 Å². The maximum absolute atomic E-state index is 3.44. The summed E-state index contributed by atoms with van der Waals surface area (Å²) in [5, 5.41) is 0.959. The van der Waals surface area contributed by atoms with Crippen LogP contribution in [0, 0.1) is 20.8 Å². The highest BCUT2D eigenvalue weighted by molar-refractivity contribution is 9.08. The first-order valence-corrected chi connectivity index (χ1v) is 6.89. The van der Waals surface area contributed by atoms with Gasteiger partial charge in [0.15, 0.2) is 0 Å². The smallest absolute Gasteiger partial charge is 0.0285 e. The Balaban J connectivity index is 0.000000181. The van der Waals surface area contributed by atoms with Crippen LogP contribution in [0.5, 0.6) is 0 Å². The molecule has 0 heterocycles. The molecule has 0 aromatic heterocycles. The first-order valence-electron chi connectivity index (χ1n) is 5.77. The molecule has 2 rings (SSSR count). The van der Waals surface area contributed by atoms with E-state index in [0.717, 1.165) is 5.33 Å². The second-order valence-corrected chi connectivity index (χ2v) is 4.78. The third-order valence-electron chi connectivity index (χ3n) is 2.59. The number of alkyl halides is 1. The number of hydrogen-bond donors (Lipinski definition) is 0. The molecular weight excluding hydrogens is 272 g/mol. The molecule has 0 radical (unpaired) electrons. The van der Waals surface area contributed by atoms with Crippen LogP contribution < -0.4 is 0 Å². The molecule has 0 aliphatic carbocycles. The number of aryl methyl sites for hydroxylation is 3. The van der Waals surface area contributed by atoms with Crippen molar-refractivity contribution in [2.75, 3.05) is 0 Å². The summed E-state index contributed by atoms with van der Waals surface area (Å²) in [5.41, 5.74) is 5.41. The number of benzene rings is 2. The van der Waals surface area contributed by atoms with E-state index in [-0.39, 0.29) is 0 Å². The Kier molecular flexibility index (Phi) is 5.99. The molecule has 0 N–H and O–H groups in total. The van der Waals surface area contributed by atoms with Gasteiger partial charge in [-0.25, -0.2) is 0 Å². The minimum Gasteiger partial charge on any atom is -0.0876 e. The molecule has 0 fully saturated rings. The van der Waals surface area contributed by atoms with Crippen LogP contribution in [0.25, 0.3) is 0 Å². The summed E-state index contributed by atoms with van der Waals surface area (Å²) in [6, 6.07) is 16.8. The summed E-state index contributed by atoms with van der Waals surface area (Å²) >= 11 is 3.44. The molecule has 0 spiro atoms. The van der Waals surface area contributed by atoms with Crippen molar-refractivity contribution in [1.29, 1.82) is 0 Å². The molecule has 0 aliphatic heterocycles. The highest BCUT2D eigenvalue weighted by atomic mass is 79.9. The lowest BCUT2D eigenvalue weighted by atomic mass is 10.1. The van der Waals surface area contributed by atoms with E-state index in [1.807, 2.05) is 18.2 Å². The van der Waals surface area contributed by atoms with Crippen molar-refractivity contribution in [3.63, 3.8) is 0 Å². The van der Waals surface area contributed by atoms with Crippen molar-refractivity contribution >= 4 is 15.9 Å². The summed E-state index contributed by atoms with van der Waals surface area (Å²) in [7, 11) is 0. The average Bonchev–Trinajstić information content (AvgIpc) is 2.34. The predicted octanol–water partition coefficient (Wildman–Crippen LogP) is 5.19. The van der Waals surface area contributed by atoms with E-state index in [1.54, 1.807) is 0 Å². The predicted molar refractivity (Wildman–Crippen MR) is 79.7 cm³/mol. The van der Waals surface area contributed by atoms with Gasteiger partial charge in [0.1, 0.15) is 0 Å². The summed E-state index contributed by atoms with van der Waals surface area (Å²) in [6.07, 6.45) is 0. The zero-order valence-corrected chi connectivity index (χ0v) is 12.3. The third-order valence-corrected chi connectivity index (χ3v) is 3.19. The van der Waals surface area contributed by atoms with Crippen LogP contribution in [0.15, 0.2) is 48.5 Å². The van der Waals surface area contributed by atoms with E-state index in [1.165, 1.54) is 22.3 Å². The molecule has 90 valence electrons. The van der Waals surface area contributed by atoms with Gasteiger partial charge in [0.25, 0.3) is 0 Å². The molecule has 0 aliphatic rings. The molecule has 17 heavy (non-hydrogen) atoms. The van der Waals surface area contributed by atoms with Gasteiger partial charge in [0.05, 0.1) is 0 Å². The second-order valence-electron chi connectivity index (χ2n) is 4.22. The first kappa shape index (κ1) is 14.0. The topological polar surface area (TPSA) is 0 Å². The summed E-state index contributed by atoms with van der Waals surface area (Å²) in [4.78, 5) is 0. The van der Waals surface area contributed by atoms with E-state index in [2.05, 4.69) is 67.0 Å². The zero-order chi connectivity index (χ0) is 12.7. The number of hydrogen-bond acceptors (Lipinski definition) is 0. The quantitative estimate of drug-likeness (QED) is 0.634. The first-order chi connectivity index (χ1) is 8.13. The van der Waals surface area contributed by atoms with Gasteiger partial charge in [-0.15, -0.1) is 0 Å². The van der Waals surface area contributed by atoms with E-state index in [0.29, 0.717) is 0 Å². The molecule has 2 aromatic carbocycles. The van der Waals surface area contributed by atoms with Crippen molar-refractivity contribution in [2.45, 2.75) is 26.1 Å². The van der Waals surface area contributed by atoms with Gasteiger partial charge in [-0.3, -0.25) is 0 Å². The van der Waals surface area contributed by atoms with Crippen molar-refractivity contribution in [2.24, 2.45) is 0 Å². The lowest BCUT2D eigenvalue weighted by molar-refractivity contribution is 1.28. The fourth-order valence-corrected chi connectivity index (χ4v) is 2.08. The maximum Gasteiger partial charge on any atom is 0.0285 e. The Labute approximate surface area is 113 Å². The molecule has 0 amide bonds. The average molecular weight is 291 g/mol. The third kappa shape index (κ3) is 5.18. The second kappa shape index (κ2) is 7.29. The van der Waals surface area contributed by atoms with Gasteiger partial charge in [-0.2, -0.15) is 0 Å². The largest absolute Gasteiger partial charge is 0.0876 e.